The Morgan fingerprint density at radius 2 is 1.96 bits per heavy atom. The molecule has 2 unspecified atom stereocenters. The third-order valence-corrected chi connectivity index (χ3v) is 4.80. The van der Waals surface area contributed by atoms with Gasteiger partial charge >= 0.3 is 5.97 Å². The van der Waals surface area contributed by atoms with E-state index in [9.17, 15) is 14.3 Å². The molecule has 0 bridgehead atoms. The second kappa shape index (κ2) is 7.66. The van der Waals surface area contributed by atoms with Crippen molar-refractivity contribution in [2.75, 3.05) is 20.2 Å². The van der Waals surface area contributed by atoms with Gasteiger partial charge in [0.1, 0.15) is 11.6 Å². The molecule has 4 nitrogen and oxygen atoms in total. The minimum absolute atomic E-state index is 0.277. The SMILES string of the molecule is COc1ccc(C(c2ccccc2F)N2CCCC(C(=O)O)C2)cc1. The molecule has 132 valence electrons. The third-order valence-electron chi connectivity index (χ3n) is 4.80. The van der Waals surface area contributed by atoms with Crippen LogP contribution in [0.25, 0.3) is 0 Å². The van der Waals surface area contributed by atoms with Gasteiger partial charge < -0.3 is 9.84 Å². The largest absolute Gasteiger partial charge is 0.497 e. The summed E-state index contributed by atoms with van der Waals surface area (Å²) in [5.41, 5.74) is 1.50. The van der Waals surface area contributed by atoms with Crippen LogP contribution in [-0.4, -0.2) is 36.2 Å². The van der Waals surface area contributed by atoms with Crippen molar-refractivity contribution in [2.45, 2.75) is 18.9 Å². The molecule has 5 heteroatoms. The van der Waals surface area contributed by atoms with Crippen LogP contribution in [0, 0.1) is 11.7 Å². The van der Waals surface area contributed by atoms with Crippen LogP contribution in [0.2, 0.25) is 0 Å². The van der Waals surface area contributed by atoms with Crippen molar-refractivity contribution >= 4 is 5.97 Å². The van der Waals surface area contributed by atoms with Crippen LogP contribution < -0.4 is 4.74 Å². The fourth-order valence-electron chi connectivity index (χ4n) is 3.51. The Morgan fingerprint density at radius 1 is 1.24 bits per heavy atom. The molecule has 1 fully saturated rings. The number of halogens is 1. The molecule has 0 amide bonds. The topological polar surface area (TPSA) is 49.8 Å². The van der Waals surface area contributed by atoms with E-state index in [0.29, 0.717) is 18.5 Å². The van der Waals surface area contributed by atoms with Crippen molar-refractivity contribution in [1.29, 1.82) is 0 Å². The van der Waals surface area contributed by atoms with Crippen LogP contribution in [-0.2, 0) is 4.79 Å². The van der Waals surface area contributed by atoms with Gasteiger partial charge in [0.05, 0.1) is 19.1 Å². The number of ether oxygens (including phenoxy) is 1. The van der Waals surface area contributed by atoms with E-state index in [0.717, 1.165) is 24.3 Å². The van der Waals surface area contributed by atoms with Crippen LogP contribution in [0.15, 0.2) is 48.5 Å². The van der Waals surface area contributed by atoms with Crippen molar-refractivity contribution in [3.8, 4) is 5.75 Å². The zero-order valence-electron chi connectivity index (χ0n) is 14.2. The van der Waals surface area contributed by atoms with E-state index < -0.39 is 11.9 Å². The van der Waals surface area contributed by atoms with Crippen molar-refractivity contribution in [3.63, 3.8) is 0 Å². The summed E-state index contributed by atoms with van der Waals surface area (Å²) in [6, 6.07) is 13.9. The lowest BCUT2D eigenvalue weighted by molar-refractivity contribution is -0.143. The number of carboxylic acid groups (broad SMARTS) is 1. The number of carboxylic acids is 1. The number of benzene rings is 2. The predicted molar refractivity (Wildman–Crippen MR) is 93.2 cm³/mol. The molecule has 25 heavy (non-hydrogen) atoms. The number of nitrogens with zero attached hydrogens (tertiary/aromatic N) is 1. The number of hydrogen-bond acceptors (Lipinski definition) is 3. The summed E-state index contributed by atoms with van der Waals surface area (Å²) in [5.74, 6) is -0.744. The van der Waals surface area contributed by atoms with Crippen molar-refractivity contribution < 1.29 is 19.0 Å². The summed E-state index contributed by atoms with van der Waals surface area (Å²) in [6.45, 7) is 1.16. The van der Waals surface area contributed by atoms with Gasteiger partial charge in [-0.2, -0.15) is 0 Å². The van der Waals surface area contributed by atoms with Crippen LogP contribution in [0.5, 0.6) is 5.75 Å². The minimum atomic E-state index is -0.785. The molecule has 1 aliphatic heterocycles. The van der Waals surface area contributed by atoms with E-state index in [2.05, 4.69) is 4.90 Å². The van der Waals surface area contributed by atoms with Crippen LogP contribution in [0.3, 0.4) is 0 Å². The molecular formula is C20H22FNO3. The molecule has 1 heterocycles. The lowest BCUT2D eigenvalue weighted by Crippen LogP contribution is -2.41. The number of carbonyl (C=O) groups is 1. The highest BCUT2D eigenvalue weighted by Crippen LogP contribution is 2.34. The monoisotopic (exact) mass is 343 g/mol. The van der Waals surface area contributed by atoms with E-state index in [1.54, 1.807) is 19.2 Å². The fourth-order valence-corrected chi connectivity index (χ4v) is 3.51. The summed E-state index contributed by atoms with van der Waals surface area (Å²) in [6.07, 6.45) is 1.45. The molecule has 0 aliphatic carbocycles. The van der Waals surface area contributed by atoms with Crippen LogP contribution >= 0.6 is 0 Å². The minimum Gasteiger partial charge on any atom is -0.497 e. The second-order valence-corrected chi connectivity index (χ2v) is 6.37. The molecule has 0 saturated carbocycles. The number of aliphatic carboxylic acids is 1. The van der Waals surface area contributed by atoms with Gasteiger partial charge in [-0.15, -0.1) is 0 Å². The molecule has 0 aromatic heterocycles. The smallest absolute Gasteiger partial charge is 0.307 e. The predicted octanol–water partition coefficient (Wildman–Crippen LogP) is 3.72. The molecule has 2 aromatic carbocycles. The van der Waals surface area contributed by atoms with E-state index >= 15 is 0 Å². The Kier molecular flexibility index (Phi) is 5.34. The third kappa shape index (κ3) is 3.82. The zero-order chi connectivity index (χ0) is 17.8. The molecule has 3 rings (SSSR count). The summed E-state index contributed by atoms with van der Waals surface area (Å²) in [5, 5.41) is 9.38. The first-order valence-electron chi connectivity index (χ1n) is 8.45. The number of likely N-dealkylation sites (tertiary alicyclic amines) is 1. The average molecular weight is 343 g/mol. The van der Waals surface area contributed by atoms with Gasteiger partial charge in [-0.05, 0) is 43.1 Å². The molecule has 1 saturated heterocycles. The molecular weight excluding hydrogens is 321 g/mol. The molecule has 1 N–H and O–H groups in total. The van der Waals surface area contributed by atoms with Gasteiger partial charge in [0.25, 0.3) is 0 Å². The fraction of sp³-hybridized carbons (Fsp3) is 0.350. The summed E-state index contributed by atoms with van der Waals surface area (Å²) in [7, 11) is 1.60. The first kappa shape index (κ1) is 17.4. The Hall–Kier alpha value is -2.40. The summed E-state index contributed by atoms with van der Waals surface area (Å²) in [4.78, 5) is 13.5. The highest BCUT2D eigenvalue weighted by atomic mass is 19.1. The Bertz CT molecular complexity index is 732. The standard InChI is InChI=1S/C20H22FNO3/c1-25-16-10-8-14(9-11-16)19(17-6-2-3-7-18(17)21)22-12-4-5-15(13-22)20(23)24/h2-3,6-11,15,19H,4-5,12-13H2,1H3,(H,23,24). The van der Waals surface area contributed by atoms with Gasteiger partial charge in [0.15, 0.2) is 0 Å². The highest BCUT2D eigenvalue weighted by molar-refractivity contribution is 5.70. The van der Waals surface area contributed by atoms with Crippen LogP contribution in [0.4, 0.5) is 4.39 Å². The first-order valence-corrected chi connectivity index (χ1v) is 8.45. The number of rotatable bonds is 5. The molecule has 1 aliphatic rings. The second-order valence-electron chi connectivity index (χ2n) is 6.37. The maximum absolute atomic E-state index is 14.5. The van der Waals surface area contributed by atoms with E-state index in [1.165, 1.54) is 6.07 Å². The first-order chi connectivity index (χ1) is 12.1. The quantitative estimate of drug-likeness (QED) is 0.899. The number of piperidine rings is 1. The molecule has 0 radical (unpaired) electrons. The van der Waals surface area contributed by atoms with Gasteiger partial charge in [0.2, 0.25) is 0 Å². The van der Waals surface area contributed by atoms with E-state index in [-0.39, 0.29) is 11.9 Å². The lowest BCUT2D eigenvalue weighted by atomic mass is 9.91. The zero-order valence-corrected chi connectivity index (χ0v) is 14.2. The van der Waals surface area contributed by atoms with Gasteiger partial charge in [-0.1, -0.05) is 30.3 Å². The van der Waals surface area contributed by atoms with Crippen LogP contribution in [0.1, 0.15) is 30.0 Å². The van der Waals surface area contributed by atoms with Gasteiger partial charge in [-0.3, -0.25) is 9.69 Å². The van der Waals surface area contributed by atoms with Crippen molar-refractivity contribution in [1.82, 2.24) is 4.90 Å². The Balaban J connectivity index is 1.99. The number of methoxy groups -OCH3 is 1. The Labute approximate surface area is 146 Å². The molecule has 0 spiro atoms. The van der Waals surface area contributed by atoms with Gasteiger partial charge in [-0.25, -0.2) is 4.39 Å². The van der Waals surface area contributed by atoms with Crippen molar-refractivity contribution in [2.24, 2.45) is 5.92 Å². The highest BCUT2D eigenvalue weighted by Gasteiger charge is 2.32. The van der Waals surface area contributed by atoms with Gasteiger partial charge in [0, 0.05) is 12.1 Å². The maximum Gasteiger partial charge on any atom is 0.307 e. The average Bonchev–Trinajstić information content (AvgIpc) is 2.64. The van der Waals surface area contributed by atoms with Crippen molar-refractivity contribution in [3.05, 3.63) is 65.5 Å². The normalized spacial score (nSPS) is 19.4. The Morgan fingerprint density at radius 3 is 2.60 bits per heavy atom. The summed E-state index contributed by atoms with van der Waals surface area (Å²) < 4.78 is 19.7. The van der Waals surface area contributed by atoms with E-state index in [1.807, 2.05) is 30.3 Å². The molecule has 2 aromatic rings. The maximum atomic E-state index is 14.5. The number of hydrogen-bond donors (Lipinski definition) is 1. The summed E-state index contributed by atoms with van der Waals surface area (Å²) >= 11 is 0. The molecule has 2 atom stereocenters. The lowest BCUT2D eigenvalue weighted by Gasteiger charge is -2.37. The van der Waals surface area contributed by atoms with E-state index in [4.69, 9.17) is 4.74 Å².